The smallest absolute Gasteiger partial charge is 0.409 e. The SMILES string of the molecule is CN(CCc1ccncc1)CCN1CCOC1=O. The van der Waals surface area contributed by atoms with Gasteiger partial charge in [-0.15, -0.1) is 0 Å². The van der Waals surface area contributed by atoms with Crippen molar-refractivity contribution in [1.29, 1.82) is 0 Å². The fraction of sp³-hybridized carbons (Fsp3) is 0.538. The second-order valence-electron chi connectivity index (χ2n) is 4.51. The molecule has 0 aliphatic carbocycles. The van der Waals surface area contributed by atoms with Gasteiger partial charge >= 0.3 is 6.09 Å². The van der Waals surface area contributed by atoms with Gasteiger partial charge in [0, 0.05) is 32.0 Å². The number of carbonyl (C=O) groups is 1. The van der Waals surface area contributed by atoms with Gasteiger partial charge in [0.1, 0.15) is 6.61 Å². The summed E-state index contributed by atoms with van der Waals surface area (Å²) in [7, 11) is 2.07. The van der Waals surface area contributed by atoms with Gasteiger partial charge in [-0.05, 0) is 31.2 Å². The summed E-state index contributed by atoms with van der Waals surface area (Å²) in [5, 5.41) is 0. The molecule has 98 valence electrons. The van der Waals surface area contributed by atoms with Crippen LogP contribution in [0.5, 0.6) is 0 Å². The van der Waals surface area contributed by atoms with Gasteiger partial charge in [0.2, 0.25) is 0 Å². The molecule has 1 aromatic heterocycles. The third-order valence-electron chi connectivity index (χ3n) is 3.13. The van der Waals surface area contributed by atoms with E-state index in [0.717, 1.165) is 32.6 Å². The van der Waals surface area contributed by atoms with Crippen molar-refractivity contribution in [2.24, 2.45) is 0 Å². The summed E-state index contributed by atoms with van der Waals surface area (Å²) in [5.74, 6) is 0. The standard InChI is InChI=1S/C13H19N3O2/c1-15(7-4-12-2-5-14-6-3-12)8-9-16-10-11-18-13(16)17/h2-3,5-6H,4,7-11H2,1H3. The van der Waals surface area contributed by atoms with E-state index in [1.165, 1.54) is 5.56 Å². The first-order chi connectivity index (χ1) is 8.75. The molecule has 5 heteroatoms. The Morgan fingerprint density at radius 3 is 2.83 bits per heavy atom. The number of hydrogen-bond acceptors (Lipinski definition) is 4. The molecule has 0 bridgehead atoms. The van der Waals surface area contributed by atoms with Crippen molar-refractivity contribution >= 4 is 6.09 Å². The molecule has 0 unspecified atom stereocenters. The lowest BCUT2D eigenvalue weighted by Crippen LogP contribution is -2.34. The molecule has 1 fully saturated rings. The van der Waals surface area contributed by atoms with Gasteiger partial charge in [-0.25, -0.2) is 4.79 Å². The van der Waals surface area contributed by atoms with Crippen LogP contribution in [0.25, 0.3) is 0 Å². The van der Waals surface area contributed by atoms with Gasteiger partial charge in [-0.2, -0.15) is 0 Å². The van der Waals surface area contributed by atoms with E-state index < -0.39 is 0 Å². The van der Waals surface area contributed by atoms with Crippen LogP contribution in [0.4, 0.5) is 4.79 Å². The highest BCUT2D eigenvalue weighted by Crippen LogP contribution is 2.03. The first-order valence-corrected chi connectivity index (χ1v) is 6.25. The Morgan fingerprint density at radius 2 is 2.17 bits per heavy atom. The maximum atomic E-state index is 11.2. The molecule has 0 aromatic carbocycles. The van der Waals surface area contributed by atoms with Crippen LogP contribution in [0.1, 0.15) is 5.56 Å². The number of ether oxygens (including phenoxy) is 1. The van der Waals surface area contributed by atoms with E-state index in [1.54, 1.807) is 4.90 Å². The predicted molar refractivity (Wildman–Crippen MR) is 68.4 cm³/mol. The Morgan fingerprint density at radius 1 is 1.39 bits per heavy atom. The second-order valence-corrected chi connectivity index (χ2v) is 4.51. The van der Waals surface area contributed by atoms with Crippen LogP contribution in [-0.2, 0) is 11.2 Å². The van der Waals surface area contributed by atoms with Crippen LogP contribution >= 0.6 is 0 Å². The summed E-state index contributed by atoms with van der Waals surface area (Å²) in [6, 6.07) is 4.07. The number of pyridine rings is 1. The highest BCUT2D eigenvalue weighted by atomic mass is 16.6. The summed E-state index contributed by atoms with van der Waals surface area (Å²) in [6.45, 7) is 3.84. The first kappa shape index (κ1) is 12.8. The Hall–Kier alpha value is -1.62. The summed E-state index contributed by atoms with van der Waals surface area (Å²) >= 11 is 0. The van der Waals surface area contributed by atoms with Crippen LogP contribution in [0.3, 0.4) is 0 Å². The van der Waals surface area contributed by atoms with Crippen LogP contribution < -0.4 is 0 Å². The van der Waals surface area contributed by atoms with Gasteiger partial charge in [0.15, 0.2) is 0 Å². The Kier molecular flexibility index (Phi) is 4.52. The summed E-state index contributed by atoms with van der Waals surface area (Å²) in [6.07, 6.45) is 4.45. The monoisotopic (exact) mass is 249 g/mol. The van der Waals surface area contributed by atoms with Crippen LogP contribution in [0.15, 0.2) is 24.5 Å². The molecular formula is C13H19N3O2. The molecule has 18 heavy (non-hydrogen) atoms. The molecule has 1 aromatic rings. The van der Waals surface area contributed by atoms with E-state index in [1.807, 2.05) is 24.5 Å². The normalized spacial score (nSPS) is 15.2. The summed E-state index contributed by atoms with van der Waals surface area (Å²) < 4.78 is 4.89. The van der Waals surface area contributed by atoms with E-state index in [4.69, 9.17) is 4.74 Å². The molecular weight excluding hydrogens is 230 g/mol. The fourth-order valence-corrected chi connectivity index (χ4v) is 1.90. The lowest BCUT2D eigenvalue weighted by Gasteiger charge is -2.20. The molecule has 0 radical (unpaired) electrons. The number of rotatable bonds is 6. The quantitative estimate of drug-likeness (QED) is 0.755. The number of cyclic esters (lactones) is 1. The van der Waals surface area contributed by atoms with Gasteiger partial charge in [-0.3, -0.25) is 4.98 Å². The lowest BCUT2D eigenvalue weighted by atomic mass is 10.2. The van der Waals surface area contributed by atoms with Gasteiger partial charge < -0.3 is 14.5 Å². The fourth-order valence-electron chi connectivity index (χ4n) is 1.90. The molecule has 1 aliphatic rings. The third-order valence-corrected chi connectivity index (χ3v) is 3.13. The van der Waals surface area contributed by atoms with E-state index in [-0.39, 0.29) is 6.09 Å². The Labute approximate surface area is 107 Å². The first-order valence-electron chi connectivity index (χ1n) is 6.25. The van der Waals surface area contributed by atoms with Crippen molar-refractivity contribution in [2.75, 3.05) is 39.8 Å². The third kappa shape index (κ3) is 3.70. The van der Waals surface area contributed by atoms with Crippen molar-refractivity contribution in [3.05, 3.63) is 30.1 Å². The minimum atomic E-state index is -0.183. The van der Waals surface area contributed by atoms with Crippen LogP contribution in [0, 0.1) is 0 Å². The van der Waals surface area contributed by atoms with Crippen molar-refractivity contribution in [1.82, 2.24) is 14.8 Å². The molecule has 1 aliphatic heterocycles. The van der Waals surface area contributed by atoms with Crippen LogP contribution in [0.2, 0.25) is 0 Å². The molecule has 2 heterocycles. The molecule has 1 amide bonds. The van der Waals surface area contributed by atoms with E-state index >= 15 is 0 Å². The summed E-state index contributed by atoms with van der Waals surface area (Å²) in [4.78, 5) is 19.2. The van der Waals surface area contributed by atoms with Crippen LogP contribution in [-0.4, -0.2) is 60.7 Å². The highest BCUT2D eigenvalue weighted by Gasteiger charge is 2.21. The van der Waals surface area contributed by atoms with Crippen molar-refractivity contribution in [2.45, 2.75) is 6.42 Å². The highest BCUT2D eigenvalue weighted by molar-refractivity contribution is 5.69. The van der Waals surface area contributed by atoms with E-state index in [0.29, 0.717) is 6.61 Å². The molecule has 5 nitrogen and oxygen atoms in total. The van der Waals surface area contributed by atoms with Gasteiger partial charge in [0.25, 0.3) is 0 Å². The number of amides is 1. The van der Waals surface area contributed by atoms with Gasteiger partial charge in [0.05, 0.1) is 6.54 Å². The number of carbonyl (C=O) groups excluding carboxylic acids is 1. The number of nitrogens with zero attached hydrogens (tertiary/aromatic N) is 3. The lowest BCUT2D eigenvalue weighted by molar-refractivity contribution is 0.155. The second kappa shape index (κ2) is 6.35. The Balaban J connectivity index is 1.66. The largest absolute Gasteiger partial charge is 0.448 e. The molecule has 2 rings (SSSR count). The topological polar surface area (TPSA) is 45.7 Å². The number of hydrogen-bond donors (Lipinski definition) is 0. The number of aromatic nitrogens is 1. The zero-order valence-electron chi connectivity index (χ0n) is 10.7. The minimum absolute atomic E-state index is 0.183. The number of likely N-dealkylation sites (N-methyl/N-ethyl adjacent to an activating group) is 1. The molecule has 1 saturated heterocycles. The zero-order valence-corrected chi connectivity index (χ0v) is 10.7. The maximum absolute atomic E-state index is 11.2. The van der Waals surface area contributed by atoms with E-state index in [2.05, 4.69) is 16.9 Å². The van der Waals surface area contributed by atoms with Crippen molar-refractivity contribution in [3.63, 3.8) is 0 Å². The average molecular weight is 249 g/mol. The zero-order chi connectivity index (χ0) is 12.8. The minimum Gasteiger partial charge on any atom is -0.448 e. The molecule has 0 N–H and O–H groups in total. The molecule has 0 saturated carbocycles. The van der Waals surface area contributed by atoms with Crippen molar-refractivity contribution in [3.8, 4) is 0 Å². The average Bonchev–Trinajstić information content (AvgIpc) is 2.81. The summed E-state index contributed by atoms with van der Waals surface area (Å²) in [5.41, 5.74) is 1.29. The van der Waals surface area contributed by atoms with E-state index in [9.17, 15) is 4.79 Å². The Bertz CT molecular complexity index is 383. The predicted octanol–water partition coefficient (Wildman–Crippen LogP) is 1.01. The van der Waals surface area contributed by atoms with Gasteiger partial charge in [-0.1, -0.05) is 0 Å². The van der Waals surface area contributed by atoms with Crippen molar-refractivity contribution < 1.29 is 9.53 Å². The maximum Gasteiger partial charge on any atom is 0.409 e. The molecule has 0 spiro atoms. The molecule has 0 atom stereocenters.